The molecule has 2 rings (SSSR count). The van der Waals surface area contributed by atoms with E-state index in [2.05, 4.69) is 10.3 Å². The lowest BCUT2D eigenvalue weighted by Gasteiger charge is -2.35. The van der Waals surface area contributed by atoms with Gasteiger partial charge in [-0.1, -0.05) is 19.3 Å². The minimum Gasteiger partial charge on any atom is -0.506 e. The first-order valence-electron chi connectivity index (χ1n) is 6.68. The third-order valence-electron chi connectivity index (χ3n) is 3.86. The van der Waals surface area contributed by atoms with Gasteiger partial charge in [-0.15, -0.1) is 0 Å². The van der Waals surface area contributed by atoms with E-state index in [1.807, 2.05) is 0 Å². The second kappa shape index (κ2) is 6.02. The van der Waals surface area contributed by atoms with E-state index in [1.165, 1.54) is 24.9 Å². The van der Waals surface area contributed by atoms with Gasteiger partial charge in [-0.2, -0.15) is 0 Å². The predicted octanol–water partition coefficient (Wildman–Crippen LogP) is 1.46. The van der Waals surface area contributed by atoms with Crippen LogP contribution in [0.15, 0.2) is 18.5 Å². The minimum absolute atomic E-state index is 0.0258. The molecule has 1 heterocycles. The summed E-state index contributed by atoms with van der Waals surface area (Å²) in [4.78, 5) is 15.7. The van der Waals surface area contributed by atoms with Gasteiger partial charge in [0.25, 0.3) is 5.91 Å². The number of aliphatic hydroxyl groups is 1. The van der Waals surface area contributed by atoms with Crippen LogP contribution in [0.5, 0.6) is 5.75 Å². The van der Waals surface area contributed by atoms with Gasteiger partial charge in [0.2, 0.25) is 0 Å². The van der Waals surface area contributed by atoms with Gasteiger partial charge in [0.15, 0.2) is 0 Å². The molecule has 0 aromatic carbocycles. The second-order valence-electron chi connectivity index (χ2n) is 5.33. The highest BCUT2D eigenvalue weighted by atomic mass is 16.3. The van der Waals surface area contributed by atoms with Gasteiger partial charge in [0.05, 0.1) is 18.4 Å². The standard InChI is InChI=1S/C14H20N2O3/c17-10-14(4-2-1-3-5-14)9-16-13(19)11-6-12(18)8-15-7-11/h6-8,17-18H,1-5,9-10H2,(H,16,19). The molecule has 1 aromatic heterocycles. The number of amides is 1. The fourth-order valence-electron chi connectivity index (χ4n) is 2.61. The first kappa shape index (κ1) is 13.8. The number of aromatic hydroxyl groups is 1. The van der Waals surface area contributed by atoms with Crippen molar-refractivity contribution >= 4 is 5.91 Å². The Balaban J connectivity index is 1.95. The van der Waals surface area contributed by atoms with Gasteiger partial charge in [0, 0.05) is 18.2 Å². The van der Waals surface area contributed by atoms with Crippen LogP contribution < -0.4 is 5.32 Å². The lowest BCUT2D eigenvalue weighted by molar-refractivity contribution is 0.0717. The minimum atomic E-state index is -0.262. The summed E-state index contributed by atoms with van der Waals surface area (Å²) >= 11 is 0. The zero-order valence-corrected chi connectivity index (χ0v) is 10.9. The number of aliphatic hydroxyl groups excluding tert-OH is 1. The fraction of sp³-hybridized carbons (Fsp3) is 0.571. The highest BCUT2D eigenvalue weighted by Gasteiger charge is 2.31. The summed E-state index contributed by atoms with van der Waals surface area (Å²) in [6, 6.07) is 1.38. The summed E-state index contributed by atoms with van der Waals surface area (Å²) in [6.45, 7) is 0.573. The van der Waals surface area contributed by atoms with Crippen molar-refractivity contribution in [1.82, 2.24) is 10.3 Å². The average Bonchev–Trinajstić information content (AvgIpc) is 2.46. The molecule has 1 aromatic rings. The number of hydrogen-bond acceptors (Lipinski definition) is 4. The molecule has 0 bridgehead atoms. The highest BCUT2D eigenvalue weighted by molar-refractivity contribution is 5.94. The molecule has 104 valence electrons. The Kier molecular flexibility index (Phi) is 4.37. The largest absolute Gasteiger partial charge is 0.506 e. The third-order valence-corrected chi connectivity index (χ3v) is 3.86. The summed E-state index contributed by atoms with van der Waals surface area (Å²) in [5.41, 5.74) is 0.155. The van der Waals surface area contributed by atoms with Crippen LogP contribution in [0.4, 0.5) is 0 Å². The number of rotatable bonds is 4. The smallest absolute Gasteiger partial charge is 0.253 e. The topological polar surface area (TPSA) is 82.5 Å². The van der Waals surface area contributed by atoms with Gasteiger partial charge in [-0.05, 0) is 18.9 Å². The van der Waals surface area contributed by atoms with Crippen LogP contribution in [-0.4, -0.2) is 34.3 Å². The molecule has 3 N–H and O–H groups in total. The molecule has 5 heteroatoms. The van der Waals surface area contributed by atoms with E-state index in [0.717, 1.165) is 25.7 Å². The maximum absolute atomic E-state index is 12.0. The van der Waals surface area contributed by atoms with Crippen molar-refractivity contribution in [3.63, 3.8) is 0 Å². The summed E-state index contributed by atoms with van der Waals surface area (Å²) < 4.78 is 0. The molecule has 0 aliphatic heterocycles. The SMILES string of the molecule is O=C(NCC1(CO)CCCCC1)c1cncc(O)c1. The first-order chi connectivity index (χ1) is 9.15. The Morgan fingerprint density at radius 1 is 1.32 bits per heavy atom. The fourth-order valence-corrected chi connectivity index (χ4v) is 2.61. The van der Waals surface area contributed by atoms with Crippen molar-refractivity contribution in [3.8, 4) is 5.75 Å². The molecule has 0 radical (unpaired) electrons. The van der Waals surface area contributed by atoms with Gasteiger partial charge < -0.3 is 15.5 Å². The van der Waals surface area contributed by atoms with E-state index in [1.54, 1.807) is 0 Å². The quantitative estimate of drug-likeness (QED) is 0.769. The molecule has 0 unspecified atom stereocenters. The molecular weight excluding hydrogens is 244 g/mol. The first-order valence-corrected chi connectivity index (χ1v) is 6.68. The van der Waals surface area contributed by atoms with E-state index in [9.17, 15) is 15.0 Å². The van der Waals surface area contributed by atoms with E-state index in [-0.39, 0.29) is 23.7 Å². The second-order valence-corrected chi connectivity index (χ2v) is 5.33. The molecule has 1 aliphatic carbocycles. The zero-order chi connectivity index (χ0) is 13.7. The summed E-state index contributed by atoms with van der Waals surface area (Å²) in [5, 5.41) is 21.7. The molecule has 1 amide bonds. The monoisotopic (exact) mass is 264 g/mol. The molecule has 0 spiro atoms. The molecule has 1 fully saturated rings. The maximum atomic E-state index is 12.0. The molecule has 0 atom stereocenters. The van der Waals surface area contributed by atoms with Crippen LogP contribution in [0.1, 0.15) is 42.5 Å². The van der Waals surface area contributed by atoms with Crippen molar-refractivity contribution in [2.24, 2.45) is 5.41 Å². The molecule has 1 saturated carbocycles. The Morgan fingerprint density at radius 3 is 2.68 bits per heavy atom. The molecular formula is C14H20N2O3. The third kappa shape index (κ3) is 3.44. The lowest BCUT2D eigenvalue weighted by Crippen LogP contribution is -2.41. The Bertz CT molecular complexity index is 442. The summed E-state index contributed by atoms with van der Waals surface area (Å²) in [6.07, 6.45) is 8.00. The van der Waals surface area contributed by atoms with Crippen LogP contribution in [-0.2, 0) is 0 Å². The van der Waals surface area contributed by atoms with Crippen molar-refractivity contribution in [2.45, 2.75) is 32.1 Å². The van der Waals surface area contributed by atoms with E-state index < -0.39 is 0 Å². The Hall–Kier alpha value is -1.62. The Morgan fingerprint density at radius 2 is 2.05 bits per heavy atom. The number of carbonyl (C=O) groups excluding carboxylic acids is 1. The normalized spacial score (nSPS) is 17.9. The van der Waals surface area contributed by atoms with Crippen LogP contribution in [0, 0.1) is 5.41 Å². The summed E-state index contributed by atoms with van der Waals surface area (Å²) in [7, 11) is 0. The molecule has 5 nitrogen and oxygen atoms in total. The highest BCUT2D eigenvalue weighted by Crippen LogP contribution is 2.35. The van der Waals surface area contributed by atoms with Gasteiger partial charge in [-0.25, -0.2) is 0 Å². The van der Waals surface area contributed by atoms with E-state index in [0.29, 0.717) is 12.1 Å². The van der Waals surface area contributed by atoms with Crippen molar-refractivity contribution in [2.75, 3.05) is 13.2 Å². The van der Waals surface area contributed by atoms with Crippen molar-refractivity contribution in [3.05, 3.63) is 24.0 Å². The van der Waals surface area contributed by atoms with Gasteiger partial charge >= 0.3 is 0 Å². The van der Waals surface area contributed by atoms with Crippen LogP contribution >= 0.6 is 0 Å². The number of nitrogens with one attached hydrogen (secondary N) is 1. The predicted molar refractivity (Wildman–Crippen MR) is 70.8 cm³/mol. The van der Waals surface area contributed by atoms with E-state index >= 15 is 0 Å². The zero-order valence-electron chi connectivity index (χ0n) is 10.9. The molecule has 1 aliphatic rings. The summed E-state index contributed by atoms with van der Waals surface area (Å²) in [5.74, 6) is -0.288. The van der Waals surface area contributed by atoms with Crippen LogP contribution in [0.25, 0.3) is 0 Å². The van der Waals surface area contributed by atoms with Crippen LogP contribution in [0.3, 0.4) is 0 Å². The average molecular weight is 264 g/mol. The lowest BCUT2D eigenvalue weighted by atomic mass is 9.74. The van der Waals surface area contributed by atoms with Crippen molar-refractivity contribution < 1.29 is 15.0 Å². The number of aromatic nitrogens is 1. The molecule has 0 saturated heterocycles. The number of nitrogens with zero attached hydrogens (tertiary/aromatic N) is 1. The van der Waals surface area contributed by atoms with E-state index in [4.69, 9.17) is 0 Å². The van der Waals surface area contributed by atoms with Gasteiger partial charge in [-0.3, -0.25) is 9.78 Å². The van der Waals surface area contributed by atoms with Gasteiger partial charge in [0.1, 0.15) is 5.75 Å². The van der Waals surface area contributed by atoms with Crippen LogP contribution in [0.2, 0.25) is 0 Å². The number of pyridine rings is 1. The maximum Gasteiger partial charge on any atom is 0.253 e. The number of hydrogen-bond donors (Lipinski definition) is 3. The number of carbonyl (C=O) groups is 1. The molecule has 19 heavy (non-hydrogen) atoms. The Labute approximate surface area is 112 Å². The van der Waals surface area contributed by atoms with Crippen molar-refractivity contribution in [1.29, 1.82) is 0 Å².